The van der Waals surface area contributed by atoms with Crippen LogP contribution in [-0.2, 0) is 16.1 Å². The van der Waals surface area contributed by atoms with E-state index in [9.17, 15) is 9.59 Å². The lowest BCUT2D eigenvalue weighted by atomic mass is 10.3. The summed E-state index contributed by atoms with van der Waals surface area (Å²) in [6, 6.07) is 7.04. The fourth-order valence-electron chi connectivity index (χ4n) is 2.37. The molecule has 136 valence electrons. The van der Waals surface area contributed by atoms with Gasteiger partial charge in [0.2, 0.25) is 0 Å². The van der Waals surface area contributed by atoms with E-state index < -0.39 is 5.97 Å². The second-order valence-corrected chi connectivity index (χ2v) is 7.07. The topological polar surface area (TPSA) is 79.1 Å². The van der Waals surface area contributed by atoms with Gasteiger partial charge in [0.25, 0.3) is 5.91 Å². The summed E-state index contributed by atoms with van der Waals surface area (Å²) in [7, 11) is 4.40. The minimum absolute atomic E-state index is 0.0669. The molecule has 3 aromatic rings. The maximum atomic E-state index is 12.4. The summed E-state index contributed by atoms with van der Waals surface area (Å²) < 4.78 is 17.9. The fourth-order valence-corrected chi connectivity index (χ4v) is 4.02. The molecular formula is C17H16N2O5S2. The van der Waals surface area contributed by atoms with E-state index in [1.54, 1.807) is 35.9 Å². The molecule has 9 heteroatoms. The zero-order valence-electron chi connectivity index (χ0n) is 14.3. The van der Waals surface area contributed by atoms with E-state index in [2.05, 4.69) is 4.99 Å². The lowest BCUT2D eigenvalue weighted by Crippen LogP contribution is -2.22. The van der Waals surface area contributed by atoms with Gasteiger partial charge in [0.05, 0.1) is 36.4 Å². The van der Waals surface area contributed by atoms with Crippen molar-refractivity contribution in [3.63, 3.8) is 0 Å². The Balaban J connectivity index is 2.21. The van der Waals surface area contributed by atoms with Crippen LogP contribution in [0.15, 0.2) is 34.6 Å². The number of rotatable bonds is 5. The summed E-state index contributed by atoms with van der Waals surface area (Å²) in [5.41, 5.74) is 0.704. The number of amides is 1. The van der Waals surface area contributed by atoms with Crippen LogP contribution in [0.5, 0.6) is 11.5 Å². The van der Waals surface area contributed by atoms with Crippen molar-refractivity contribution in [2.45, 2.75) is 6.54 Å². The Labute approximate surface area is 157 Å². The minimum Gasteiger partial charge on any atom is -0.493 e. The molecule has 0 unspecified atom stereocenters. The molecule has 0 atom stereocenters. The van der Waals surface area contributed by atoms with Crippen LogP contribution in [0.4, 0.5) is 0 Å². The van der Waals surface area contributed by atoms with Gasteiger partial charge in [-0.2, -0.15) is 4.99 Å². The molecular weight excluding hydrogens is 376 g/mol. The number of carbonyl (C=O) groups excluding carboxylic acids is 2. The number of methoxy groups -OCH3 is 3. The van der Waals surface area contributed by atoms with Crippen molar-refractivity contribution in [1.29, 1.82) is 0 Å². The number of hydrogen-bond acceptors (Lipinski definition) is 7. The third kappa shape index (κ3) is 3.49. The molecule has 1 aromatic carbocycles. The molecule has 0 N–H and O–H groups in total. The average molecular weight is 392 g/mol. The Hall–Kier alpha value is -2.65. The molecule has 0 saturated carbocycles. The first-order chi connectivity index (χ1) is 12.6. The van der Waals surface area contributed by atoms with E-state index in [1.165, 1.54) is 36.9 Å². The first-order valence-corrected chi connectivity index (χ1v) is 9.21. The monoisotopic (exact) mass is 392 g/mol. The standard InChI is InChI=1S/C17H16N2O5S2/c1-22-11-7-10-14(8-12(11)23-2)26-17(19(10)9-15(20)24-3)18-16(21)13-5-4-6-25-13/h4-8H,9H2,1-3H3. The van der Waals surface area contributed by atoms with Gasteiger partial charge in [0.15, 0.2) is 16.3 Å². The first-order valence-electron chi connectivity index (χ1n) is 7.52. The van der Waals surface area contributed by atoms with Crippen molar-refractivity contribution in [3.05, 3.63) is 39.3 Å². The van der Waals surface area contributed by atoms with Gasteiger partial charge in [-0.25, -0.2) is 0 Å². The molecule has 3 rings (SSSR count). The molecule has 0 aliphatic carbocycles. The molecule has 1 amide bonds. The van der Waals surface area contributed by atoms with Crippen LogP contribution < -0.4 is 14.3 Å². The summed E-state index contributed by atoms with van der Waals surface area (Å²) in [5.74, 6) is 0.281. The third-order valence-corrected chi connectivity index (χ3v) is 5.53. The van der Waals surface area contributed by atoms with Crippen LogP contribution in [0.1, 0.15) is 9.67 Å². The number of benzene rings is 1. The minimum atomic E-state index is -0.440. The second kappa shape index (κ2) is 7.71. The maximum Gasteiger partial charge on any atom is 0.325 e. The first kappa shape index (κ1) is 18.2. The number of fused-ring (bicyclic) bond motifs is 1. The van der Waals surface area contributed by atoms with Gasteiger partial charge in [-0.1, -0.05) is 17.4 Å². The van der Waals surface area contributed by atoms with Gasteiger partial charge >= 0.3 is 5.97 Å². The molecule has 7 nitrogen and oxygen atoms in total. The number of carbonyl (C=O) groups is 2. The van der Waals surface area contributed by atoms with Gasteiger partial charge in [-0.3, -0.25) is 9.59 Å². The van der Waals surface area contributed by atoms with Crippen molar-refractivity contribution < 1.29 is 23.8 Å². The molecule has 26 heavy (non-hydrogen) atoms. The number of thiophene rings is 1. The molecule has 0 radical (unpaired) electrons. The summed E-state index contributed by atoms with van der Waals surface area (Å²) >= 11 is 2.60. The van der Waals surface area contributed by atoms with E-state index in [0.29, 0.717) is 26.7 Å². The van der Waals surface area contributed by atoms with Gasteiger partial charge < -0.3 is 18.8 Å². The Morgan fingerprint density at radius 1 is 1.15 bits per heavy atom. The number of thiazole rings is 1. The van der Waals surface area contributed by atoms with Crippen LogP contribution in [0.3, 0.4) is 0 Å². The fraction of sp³-hybridized carbons (Fsp3) is 0.235. The molecule has 0 aliphatic rings. The number of hydrogen-bond donors (Lipinski definition) is 0. The number of aromatic nitrogens is 1. The zero-order chi connectivity index (χ0) is 18.7. The summed E-state index contributed by atoms with van der Waals surface area (Å²) in [4.78, 5) is 29.4. The molecule has 2 aromatic heterocycles. The van der Waals surface area contributed by atoms with Crippen LogP contribution in [-0.4, -0.2) is 37.8 Å². The van der Waals surface area contributed by atoms with Gasteiger partial charge in [0, 0.05) is 12.1 Å². The van der Waals surface area contributed by atoms with Crippen LogP contribution in [0.2, 0.25) is 0 Å². The predicted molar refractivity (Wildman–Crippen MR) is 99.1 cm³/mol. The summed E-state index contributed by atoms with van der Waals surface area (Å²) in [5, 5.41) is 1.81. The van der Waals surface area contributed by atoms with Gasteiger partial charge in [-0.05, 0) is 11.4 Å². The number of esters is 1. The number of ether oxygens (including phenoxy) is 3. The number of nitrogens with zero attached hydrogens (tertiary/aromatic N) is 2. The Morgan fingerprint density at radius 2 is 1.88 bits per heavy atom. The highest BCUT2D eigenvalue weighted by atomic mass is 32.1. The van der Waals surface area contributed by atoms with Crippen molar-refractivity contribution >= 4 is 44.8 Å². The molecule has 0 bridgehead atoms. The molecule has 2 heterocycles. The maximum absolute atomic E-state index is 12.4. The van der Waals surface area contributed by atoms with Crippen LogP contribution in [0, 0.1) is 0 Å². The third-order valence-electron chi connectivity index (χ3n) is 3.63. The van der Waals surface area contributed by atoms with Crippen molar-refractivity contribution in [3.8, 4) is 11.5 Å². The average Bonchev–Trinajstić information content (AvgIpc) is 3.29. The van der Waals surface area contributed by atoms with E-state index >= 15 is 0 Å². The molecule has 0 saturated heterocycles. The van der Waals surface area contributed by atoms with Crippen molar-refractivity contribution in [2.24, 2.45) is 4.99 Å². The largest absolute Gasteiger partial charge is 0.493 e. The highest BCUT2D eigenvalue weighted by molar-refractivity contribution is 7.16. The van der Waals surface area contributed by atoms with Crippen LogP contribution >= 0.6 is 22.7 Å². The van der Waals surface area contributed by atoms with Crippen molar-refractivity contribution in [2.75, 3.05) is 21.3 Å². The van der Waals surface area contributed by atoms with E-state index in [-0.39, 0.29) is 12.5 Å². The highest BCUT2D eigenvalue weighted by Gasteiger charge is 2.16. The second-order valence-electron chi connectivity index (χ2n) is 5.12. The van der Waals surface area contributed by atoms with Gasteiger partial charge in [-0.15, -0.1) is 11.3 Å². The predicted octanol–water partition coefficient (Wildman–Crippen LogP) is 2.70. The molecule has 0 aliphatic heterocycles. The Bertz CT molecular complexity index is 1020. The van der Waals surface area contributed by atoms with E-state index in [4.69, 9.17) is 14.2 Å². The lowest BCUT2D eigenvalue weighted by Gasteiger charge is -2.08. The highest BCUT2D eigenvalue weighted by Crippen LogP contribution is 2.33. The smallest absolute Gasteiger partial charge is 0.325 e. The zero-order valence-corrected chi connectivity index (χ0v) is 16.0. The Kier molecular flexibility index (Phi) is 5.38. The summed E-state index contributed by atoms with van der Waals surface area (Å²) in [6.45, 7) is -0.0669. The molecule has 0 spiro atoms. The molecule has 0 fully saturated rings. The SMILES string of the molecule is COC(=O)Cn1c(=NC(=O)c2cccs2)sc2cc(OC)c(OC)cc21. The summed E-state index contributed by atoms with van der Waals surface area (Å²) in [6.07, 6.45) is 0. The lowest BCUT2D eigenvalue weighted by molar-refractivity contribution is -0.141. The Morgan fingerprint density at radius 3 is 2.50 bits per heavy atom. The van der Waals surface area contributed by atoms with E-state index in [0.717, 1.165) is 4.70 Å². The van der Waals surface area contributed by atoms with E-state index in [1.807, 2.05) is 5.38 Å². The van der Waals surface area contributed by atoms with Gasteiger partial charge in [0.1, 0.15) is 6.54 Å². The normalized spacial score (nSPS) is 11.6. The van der Waals surface area contributed by atoms with Crippen molar-refractivity contribution in [1.82, 2.24) is 4.57 Å². The van der Waals surface area contributed by atoms with Crippen LogP contribution in [0.25, 0.3) is 10.2 Å². The quantitative estimate of drug-likeness (QED) is 0.624.